The lowest BCUT2D eigenvalue weighted by Gasteiger charge is -2.61. The summed E-state index contributed by atoms with van der Waals surface area (Å²) in [6.45, 7) is 7.04. The van der Waals surface area contributed by atoms with Gasteiger partial charge in [0.15, 0.2) is 0 Å². The van der Waals surface area contributed by atoms with Crippen LogP contribution in [0, 0.1) is 23.2 Å². The van der Waals surface area contributed by atoms with E-state index in [1.807, 2.05) is 0 Å². The molecule has 4 atom stereocenters. The number of nitrogens with two attached hydrogens (primary N) is 1. The van der Waals surface area contributed by atoms with E-state index in [1.165, 1.54) is 19.3 Å². The smallest absolute Gasteiger partial charge is 0.00416 e. The Bertz CT molecular complexity index is 179. The Labute approximate surface area is 75.7 Å². The van der Waals surface area contributed by atoms with Crippen LogP contribution in [-0.4, -0.2) is 6.04 Å². The topological polar surface area (TPSA) is 26.0 Å². The summed E-state index contributed by atoms with van der Waals surface area (Å²) in [5.74, 6) is 2.75. The summed E-state index contributed by atoms with van der Waals surface area (Å²) in [5.41, 5.74) is 6.61. The van der Waals surface area contributed by atoms with E-state index in [1.54, 1.807) is 0 Å². The van der Waals surface area contributed by atoms with E-state index in [0.29, 0.717) is 11.5 Å². The molecule has 0 aromatic rings. The fourth-order valence-electron chi connectivity index (χ4n) is 3.50. The Morgan fingerprint density at radius 1 is 1.33 bits per heavy atom. The maximum Gasteiger partial charge on any atom is 0.00416 e. The molecule has 1 nitrogen and oxygen atoms in total. The molecule has 2 N–H and O–H groups in total. The van der Waals surface area contributed by atoms with Gasteiger partial charge in [-0.05, 0) is 49.4 Å². The molecule has 0 aromatic heterocycles. The number of hydrogen-bond donors (Lipinski definition) is 1. The molecular formula is C11H21N. The van der Waals surface area contributed by atoms with Gasteiger partial charge in [-0.1, -0.05) is 13.8 Å². The molecule has 3 aliphatic carbocycles. The van der Waals surface area contributed by atoms with E-state index in [9.17, 15) is 0 Å². The van der Waals surface area contributed by atoms with Crippen LogP contribution < -0.4 is 5.73 Å². The molecule has 0 amide bonds. The molecule has 0 aromatic carbocycles. The van der Waals surface area contributed by atoms with Crippen molar-refractivity contribution in [3.63, 3.8) is 0 Å². The van der Waals surface area contributed by atoms with Crippen molar-refractivity contribution < 1.29 is 0 Å². The highest BCUT2D eigenvalue weighted by atomic mass is 14.7. The van der Waals surface area contributed by atoms with Gasteiger partial charge in [0.25, 0.3) is 0 Å². The van der Waals surface area contributed by atoms with Gasteiger partial charge >= 0.3 is 0 Å². The third-order valence-electron chi connectivity index (χ3n) is 4.59. The van der Waals surface area contributed by atoms with Crippen molar-refractivity contribution in [1.29, 1.82) is 0 Å². The van der Waals surface area contributed by atoms with Gasteiger partial charge < -0.3 is 5.73 Å². The second-order valence-electron chi connectivity index (χ2n) is 5.46. The Kier molecular flexibility index (Phi) is 1.76. The fraction of sp³-hybridized carbons (Fsp3) is 1.00. The van der Waals surface area contributed by atoms with Gasteiger partial charge in [-0.2, -0.15) is 0 Å². The molecule has 3 rings (SSSR count). The normalized spacial score (nSPS) is 46.5. The minimum atomic E-state index is 0.413. The summed E-state index contributed by atoms with van der Waals surface area (Å²) in [5, 5.41) is 0. The second-order valence-corrected chi connectivity index (χ2v) is 5.46. The molecule has 70 valence electrons. The molecule has 0 heterocycles. The van der Waals surface area contributed by atoms with Crippen molar-refractivity contribution in [1.82, 2.24) is 0 Å². The largest absolute Gasteiger partial charge is 0.328 e. The first-order valence-electron chi connectivity index (χ1n) is 5.29. The third-order valence-corrected chi connectivity index (χ3v) is 4.59. The zero-order chi connectivity index (χ0) is 8.93. The van der Waals surface area contributed by atoms with E-state index in [4.69, 9.17) is 5.73 Å². The quantitative estimate of drug-likeness (QED) is 0.637. The summed E-state index contributed by atoms with van der Waals surface area (Å²) in [6.07, 6.45) is 4.27. The average Bonchev–Trinajstić information content (AvgIpc) is 2.04. The van der Waals surface area contributed by atoms with Crippen LogP contribution in [0.15, 0.2) is 0 Å². The van der Waals surface area contributed by atoms with Crippen LogP contribution in [0.25, 0.3) is 0 Å². The summed E-state index contributed by atoms with van der Waals surface area (Å²) >= 11 is 0. The Hall–Kier alpha value is -0.0400. The highest BCUT2D eigenvalue weighted by molar-refractivity contribution is 5.04. The SMILES string of the molecule is CC(N)C1CCC2CC1C2(C)C. The van der Waals surface area contributed by atoms with Crippen LogP contribution in [-0.2, 0) is 0 Å². The summed E-state index contributed by atoms with van der Waals surface area (Å²) in [7, 11) is 0. The third kappa shape index (κ3) is 0.953. The molecule has 3 saturated carbocycles. The van der Waals surface area contributed by atoms with Crippen LogP contribution in [0.5, 0.6) is 0 Å². The molecule has 2 bridgehead atoms. The number of fused-ring (bicyclic) bond motifs is 2. The maximum absolute atomic E-state index is 6.00. The van der Waals surface area contributed by atoms with Crippen LogP contribution in [0.3, 0.4) is 0 Å². The second kappa shape index (κ2) is 2.47. The monoisotopic (exact) mass is 167 g/mol. The van der Waals surface area contributed by atoms with Gasteiger partial charge in [0.05, 0.1) is 0 Å². The summed E-state index contributed by atoms with van der Waals surface area (Å²) in [6, 6.07) is 0.413. The summed E-state index contributed by atoms with van der Waals surface area (Å²) in [4.78, 5) is 0. The van der Waals surface area contributed by atoms with Gasteiger partial charge in [0.2, 0.25) is 0 Å². The Morgan fingerprint density at radius 3 is 2.33 bits per heavy atom. The zero-order valence-corrected chi connectivity index (χ0v) is 8.51. The van der Waals surface area contributed by atoms with E-state index >= 15 is 0 Å². The Balaban J connectivity index is 2.11. The number of hydrogen-bond acceptors (Lipinski definition) is 1. The minimum absolute atomic E-state index is 0.413. The van der Waals surface area contributed by atoms with Gasteiger partial charge in [0.1, 0.15) is 0 Å². The van der Waals surface area contributed by atoms with E-state index < -0.39 is 0 Å². The molecule has 4 unspecified atom stereocenters. The first-order chi connectivity index (χ1) is 5.53. The molecule has 1 heteroatoms. The number of rotatable bonds is 1. The van der Waals surface area contributed by atoms with Crippen molar-refractivity contribution in [2.45, 2.75) is 46.1 Å². The molecule has 0 aliphatic heterocycles. The van der Waals surface area contributed by atoms with Gasteiger partial charge in [-0.15, -0.1) is 0 Å². The lowest BCUT2D eigenvalue weighted by molar-refractivity contribution is -0.109. The maximum atomic E-state index is 6.00. The van der Waals surface area contributed by atoms with E-state index in [2.05, 4.69) is 20.8 Å². The van der Waals surface area contributed by atoms with Crippen molar-refractivity contribution in [3.05, 3.63) is 0 Å². The van der Waals surface area contributed by atoms with Crippen LogP contribution in [0.2, 0.25) is 0 Å². The molecule has 0 saturated heterocycles. The Morgan fingerprint density at radius 2 is 2.00 bits per heavy atom. The lowest BCUT2D eigenvalue weighted by atomic mass is 9.45. The molecular weight excluding hydrogens is 146 g/mol. The van der Waals surface area contributed by atoms with Crippen molar-refractivity contribution >= 4 is 0 Å². The van der Waals surface area contributed by atoms with Crippen molar-refractivity contribution in [2.24, 2.45) is 28.9 Å². The first-order valence-corrected chi connectivity index (χ1v) is 5.29. The zero-order valence-electron chi connectivity index (χ0n) is 8.51. The average molecular weight is 167 g/mol. The molecule has 12 heavy (non-hydrogen) atoms. The van der Waals surface area contributed by atoms with Crippen LogP contribution >= 0.6 is 0 Å². The van der Waals surface area contributed by atoms with Gasteiger partial charge in [-0.3, -0.25) is 0 Å². The summed E-state index contributed by atoms with van der Waals surface area (Å²) < 4.78 is 0. The van der Waals surface area contributed by atoms with Crippen LogP contribution in [0.1, 0.15) is 40.0 Å². The van der Waals surface area contributed by atoms with Crippen molar-refractivity contribution in [2.75, 3.05) is 0 Å². The predicted octanol–water partition coefficient (Wildman–Crippen LogP) is 2.41. The molecule has 0 radical (unpaired) electrons. The van der Waals surface area contributed by atoms with Gasteiger partial charge in [0, 0.05) is 6.04 Å². The van der Waals surface area contributed by atoms with Crippen molar-refractivity contribution in [3.8, 4) is 0 Å². The fourth-order valence-corrected chi connectivity index (χ4v) is 3.50. The molecule has 3 fully saturated rings. The van der Waals surface area contributed by atoms with Crippen LogP contribution in [0.4, 0.5) is 0 Å². The highest BCUT2D eigenvalue weighted by Gasteiger charge is 2.54. The lowest BCUT2D eigenvalue weighted by Crippen LogP contribution is -2.55. The molecule has 0 spiro atoms. The van der Waals surface area contributed by atoms with E-state index in [-0.39, 0.29) is 0 Å². The standard InChI is InChI=1S/C11H21N/c1-7(12)9-5-4-8-6-10(9)11(8,2)3/h7-10H,4-6,12H2,1-3H3. The minimum Gasteiger partial charge on any atom is -0.328 e. The molecule has 3 aliphatic rings. The van der Waals surface area contributed by atoms with Gasteiger partial charge in [-0.25, -0.2) is 0 Å². The highest BCUT2D eigenvalue weighted by Crippen LogP contribution is 2.61. The first kappa shape index (κ1) is 8.55. The predicted molar refractivity (Wildman–Crippen MR) is 51.8 cm³/mol. The van der Waals surface area contributed by atoms with E-state index in [0.717, 1.165) is 17.8 Å².